The number of aromatic nitrogens is 1. The Labute approximate surface area is 103 Å². The SMILES string of the molecule is Cc1ccc(CN2CCCCC2C)c(Cl)n1. The molecule has 1 saturated heterocycles. The molecule has 2 rings (SSSR count). The molecule has 3 heteroatoms. The van der Waals surface area contributed by atoms with Crippen molar-refractivity contribution in [1.82, 2.24) is 9.88 Å². The van der Waals surface area contributed by atoms with E-state index < -0.39 is 0 Å². The van der Waals surface area contributed by atoms with E-state index in [0.717, 1.165) is 17.8 Å². The van der Waals surface area contributed by atoms with E-state index in [1.165, 1.54) is 25.8 Å². The van der Waals surface area contributed by atoms with Crippen LogP contribution in [0.2, 0.25) is 5.15 Å². The molecule has 1 aromatic heterocycles. The van der Waals surface area contributed by atoms with Crippen LogP contribution in [0.3, 0.4) is 0 Å². The zero-order valence-corrected chi connectivity index (χ0v) is 10.8. The maximum absolute atomic E-state index is 6.16. The number of aryl methyl sites for hydroxylation is 1. The molecule has 0 saturated carbocycles. The van der Waals surface area contributed by atoms with Gasteiger partial charge in [-0.05, 0) is 39.3 Å². The van der Waals surface area contributed by atoms with Crippen LogP contribution in [0.1, 0.15) is 37.4 Å². The quantitative estimate of drug-likeness (QED) is 0.734. The van der Waals surface area contributed by atoms with Gasteiger partial charge in [-0.1, -0.05) is 24.1 Å². The Kier molecular flexibility index (Phi) is 3.82. The van der Waals surface area contributed by atoms with Gasteiger partial charge in [0.25, 0.3) is 0 Å². The second-order valence-electron chi connectivity index (χ2n) is 4.72. The zero-order valence-electron chi connectivity index (χ0n) is 10.0. The molecule has 0 aliphatic carbocycles. The summed E-state index contributed by atoms with van der Waals surface area (Å²) in [7, 11) is 0. The standard InChI is InChI=1S/C13H19ClN2/c1-10-6-7-12(13(14)15-10)9-16-8-4-3-5-11(16)2/h6-7,11H,3-5,8-9H2,1-2H3. The zero-order chi connectivity index (χ0) is 11.5. The molecule has 2 nitrogen and oxygen atoms in total. The van der Waals surface area contributed by atoms with E-state index >= 15 is 0 Å². The van der Waals surface area contributed by atoms with Crippen molar-refractivity contribution >= 4 is 11.6 Å². The molecule has 2 heterocycles. The Morgan fingerprint density at radius 3 is 2.94 bits per heavy atom. The van der Waals surface area contributed by atoms with Crippen LogP contribution in [-0.4, -0.2) is 22.5 Å². The predicted molar refractivity (Wildman–Crippen MR) is 67.7 cm³/mol. The molecule has 16 heavy (non-hydrogen) atoms. The van der Waals surface area contributed by atoms with Gasteiger partial charge in [-0.3, -0.25) is 4.90 Å². The second kappa shape index (κ2) is 5.15. The van der Waals surface area contributed by atoms with E-state index in [9.17, 15) is 0 Å². The molecule has 0 bridgehead atoms. The Hall–Kier alpha value is -0.600. The van der Waals surface area contributed by atoms with E-state index in [-0.39, 0.29) is 0 Å². The first kappa shape index (κ1) is 11.9. The fourth-order valence-corrected chi connectivity index (χ4v) is 2.54. The number of hydrogen-bond acceptors (Lipinski definition) is 2. The van der Waals surface area contributed by atoms with E-state index in [2.05, 4.69) is 22.9 Å². The molecule has 0 amide bonds. The molecule has 1 unspecified atom stereocenters. The minimum absolute atomic E-state index is 0.665. The predicted octanol–water partition coefficient (Wildman–Crippen LogP) is 3.42. The third-order valence-corrected chi connectivity index (χ3v) is 3.71. The summed E-state index contributed by atoms with van der Waals surface area (Å²) in [4.78, 5) is 6.80. The molecule has 88 valence electrons. The van der Waals surface area contributed by atoms with Crippen molar-refractivity contribution in [2.24, 2.45) is 0 Å². The third-order valence-electron chi connectivity index (χ3n) is 3.38. The second-order valence-corrected chi connectivity index (χ2v) is 5.08. The van der Waals surface area contributed by atoms with Crippen molar-refractivity contribution in [3.8, 4) is 0 Å². The highest BCUT2D eigenvalue weighted by atomic mass is 35.5. The largest absolute Gasteiger partial charge is 0.296 e. The maximum Gasteiger partial charge on any atom is 0.133 e. The van der Waals surface area contributed by atoms with Gasteiger partial charge in [0, 0.05) is 23.8 Å². The average molecular weight is 239 g/mol. The lowest BCUT2D eigenvalue weighted by atomic mass is 10.0. The summed E-state index contributed by atoms with van der Waals surface area (Å²) in [6.07, 6.45) is 3.97. The number of hydrogen-bond donors (Lipinski definition) is 0. The van der Waals surface area contributed by atoms with Crippen LogP contribution in [0.4, 0.5) is 0 Å². The lowest BCUT2D eigenvalue weighted by Gasteiger charge is -2.33. The molecular formula is C13H19ClN2. The van der Waals surface area contributed by atoms with Gasteiger partial charge in [0.05, 0.1) is 0 Å². The normalized spacial score (nSPS) is 22.3. The highest BCUT2D eigenvalue weighted by Crippen LogP contribution is 2.22. The van der Waals surface area contributed by atoms with Crippen LogP contribution in [0.25, 0.3) is 0 Å². The number of rotatable bonds is 2. The molecule has 1 aliphatic heterocycles. The molecule has 0 aromatic carbocycles. The number of nitrogens with zero attached hydrogens (tertiary/aromatic N) is 2. The first-order chi connectivity index (χ1) is 7.66. The first-order valence-corrected chi connectivity index (χ1v) is 6.40. The fourth-order valence-electron chi connectivity index (χ4n) is 2.28. The molecule has 1 aromatic rings. The lowest BCUT2D eigenvalue weighted by Crippen LogP contribution is -2.36. The van der Waals surface area contributed by atoms with Gasteiger partial charge in [0.2, 0.25) is 0 Å². The summed E-state index contributed by atoms with van der Waals surface area (Å²) < 4.78 is 0. The van der Waals surface area contributed by atoms with Crippen LogP contribution >= 0.6 is 11.6 Å². The molecule has 1 atom stereocenters. The van der Waals surface area contributed by atoms with E-state index in [0.29, 0.717) is 11.2 Å². The minimum atomic E-state index is 0.665. The van der Waals surface area contributed by atoms with E-state index in [1.807, 2.05) is 13.0 Å². The highest BCUT2D eigenvalue weighted by Gasteiger charge is 2.19. The van der Waals surface area contributed by atoms with Gasteiger partial charge in [0.15, 0.2) is 0 Å². The average Bonchev–Trinajstić information content (AvgIpc) is 2.25. The Bertz CT molecular complexity index is 365. The van der Waals surface area contributed by atoms with Crippen LogP contribution in [0.15, 0.2) is 12.1 Å². The van der Waals surface area contributed by atoms with Crippen molar-refractivity contribution in [1.29, 1.82) is 0 Å². The van der Waals surface area contributed by atoms with Gasteiger partial charge in [-0.15, -0.1) is 0 Å². The van der Waals surface area contributed by atoms with Crippen molar-refractivity contribution < 1.29 is 0 Å². The number of likely N-dealkylation sites (tertiary alicyclic amines) is 1. The van der Waals surface area contributed by atoms with Crippen LogP contribution in [-0.2, 0) is 6.54 Å². The van der Waals surface area contributed by atoms with Crippen LogP contribution in [0.5, 0.6) is 0 Å². The summed E-state index contributed by atoms with van der Waals surface area (Å²) in [6.45, 7) is 6.40. The molecule has 1 aliphatic rings. The van der Waals surface area contributed by atoms with Crippen LogP contribution in [0, 0.1) is 6.92 Å². The maximum atomic E-state index is 6.16. The van der Waals surface area contributed by atoms with E-state index in [1.54, 1.807) is 0 Å². The van der Waals surface area contributed by atoms with Gasteiger partial charge < -0.3 is 0 Å². The number of piperidine rings is 1. The molecule has 1 fully saturated rings. The van der Waals surface area contributed by atoms with Gasteiger partial charge in [0.1, 0.15) is 5.15 Å². The van der Waals surface area contributed by atoms with Crippen molar-refractivity contribution in [2.75, 3.05) is 6.54 Å². The summed E-state index contributed by atoms with van der Waals surface area (Å²) in [5, 5.41) is 0.665. The van der Waals surface area contributed by atoms with Crippen molar-refractivity contribution in [3.05, 3.63) is 28.5 Å². The molecule has 0 N–H and O–H groups in total. The summed E-state index contributed by atoms with van der Waals surface area (Å²) in [6, 6.07) is 4.81. The summed E-state index contributed by atoms with van der Waals surface area (Å²) >= 11 is 6.16. The molecular weight excluding hydrogens is 220 g/mol. The highest BCUT2D eigenvalue weighted by molar-refractivity contribution is 6.30. The summed E-state index contributed by atoms with van der Waals surface area (Å²) in [5.41, 5.74) is 2.14. The number of halogens is 1. The Balaban J connectivity index is 2.07. The van der Waals surface area contributed by atoms with Gasteiger partial charge in [-0.2, -0.15) is 0 Å². The first-order valence-electron chi connectivity index (χ1n) is 6.03. The van der Waals surface area contributed by atoms with E-state index in [4.69, 9.17) is 11.6 Å². The third kappa shape index (κ3) is 2.74. The Morgan fingerprint density at radius 1 is 1.44 bits per heavy atom. The number of pyridine rings is 1. The monoisotopic (exact) mass is 238 g/mol. The lowest BCUT2D eigenvalue weighted by molar-refractivity contribution is 0.152. The topological polar surface area (TPSA) is 16.1 Å². The minimum Gasteiger partial charge on any atom is -0.296 e. The van der Waals surface area contributed by atoms with Crippen molar-refractivity contribution in [3.63, 3.8) is 0 Å². The Morgan fingerprint density at radius 2 is 2.25 bits per heavy atom. The molecule has 0 radical (unpaired) electrons. The summed E-state index contributed by atoms with van der Waals surface area (Å²) in [5.74, 6) is 0. The smallest absolute Gasteiger partial charge is 0.133 e. The van der Waals surface area contributed by atoms with Crippen LogP contribution < -0.4 is 0 Å². The van der Waals surface area contributed by atoms with Gasteiger partial charge in [-0.25, -0.2) is 4.98 Å². The molecule has 0 spiro atoms. The fraction of sp³-hybridized carbons (Fsp3) is 0.615. The van der Waals surface area contributed by atoms with Crippen molar-refractivity contribution in [2.45, 2.75) is 45.7 Å². The van der Waals surface area contributed by atoms with Gasteiger partial charge >= 0.3 is 0 Å².